The van der Waals surface area contributed by atoms with Gasteiger partial charge in [-0.1, -0.05) is 18.6 Å². The van der Waals surface area contributed by atoms with Gasteiger partial charge in [0, 0.05) is 12.6 Å². The molecule has 0 amide bonds. The van der Waals surface area contributed by atoms with E-state index in [4.69, 9.17) is 9.47 Å². The average Bonchev–Trinajstić information content (AvgIpc) is 2.50. The number of esters is 1. The molecule has 1 aromatic rings. The molecule has 116 valence electrons. The largest absolute Gasteiger partial charge is 0.489 e. The fraction of sp³-hybridized carbons (Fsp3) is 0.562. The van der Waals surface area contributed by atoms with E-state index in [0.29, 0.717) is 19.6 Å². The molecule has 4 nitrogen and oxygen atoms in total. The van der Waals surface area contributed by atoms with Crippen molar-refractivity contribution < 1.29 is 18.7 Å². The number of hydrogen-bond donors (Lipinski definition) is 0. The van der Waals surface area contributed by atoms with Gasteiger partial charge in [0.25, 0.3) is 0 Å². The predicted molar refractivity (Wildman–Crippen MR) is 77.7 cm³/mol. The summed E-state index contributed by atoms with van der Waals surface area (Å²) >= 11 is 0. The Bertz CT molecular complexity index is 467. The van der Waals surface area contributed by atoms with E-state index in [1.807, 2.05) is 0 Å². The minimum atomic E-state index is -0.345. The zero-order chi connectivity index (χ0) is 15.1. The maximum Gasteiger partial charge on any atom is 0.307 e. The summed E-state index contributed by atoms with van der Waals surface area (Å²) in [6, 6.07) is 6.60. The lowest BCUT2D eigenvalue weighted by Gasteiger charge is -2.34. The quantitative estimate of drug-likeness (QED) is 0.756. The topological polar surface area (TPSA) is 38.8 Å². The smallest absolute Gasteiger partial charge is 0.307 e. The van der Waals surface area contributed by atoms with Crippen LogP contribution < -0.4 is 4.74 Å². The maximum absolute atomic E-state index is 13.4. The van der Waals surface area contributed by atoms with E-state index in [2.05, 4.69) is 4.90 Å². The molecule has 0 radical (unpaired) electrons. The second-order valence-corrected chi connectivity index (χ2v) is 5.24. The number of carbonyl (C=O) groups excluding carboxylic acids is 1. The van der Waals surface area contributed by atoms with Gasteiger partial charge in [-0.05, 0) is 31.5 Å². The molecule has 1 unspecified atom stereocenters. The van der Waals surface area contributed by atoms with Gasteiger partial charge in [-0.25, -0.2) is 4.39 Å². The van der Waals surface area contributed by atoms with Gasteiger partial charge in [0.15, 0.2) is 11.6 Å². The highest BCUT2D eigenvalue weighted by Crippen LogP contribution is 2.20. The molecule has 5 heteroatoms. The molecule has 1 atom stereocenters. The predicted octanol–water partition coefficient (Wildman–Crippen LogP) is 2.62. The van der Waals surface area contributed by atoms with Crippen molar-refractivity contribution in [1.82, 2.24) is 4.90 Å². The maximum atomic E-state index is 13.4. The number of carbonyl (C=O) groups is 1. The second-order valence-electron chi connectivity index (χ2n) is 5.24. The van der Waals surface area contributed by atoms with Crippen molar-refractivity contribution in [1.29, 1.82) is 0 Å². The van der Waals surface area contributed by atoms with Crippen LogP contribution in [0.3, 0.4) is 0 Å². The lowest BCUT2D eigenvalue weighted by atomic mass is 9.99. The molecule has 1 saturated heterocycles. The van der Waals surface area contributed by atoms with Gasteiger partial charge in [0.05, 0.1) is 13.5 Å². The van der Waals surface area contributed by atoms with E-state index >= 15 is 0 Å². The Balaban J connectivity index is 1.82. The first-order chi connectivity index (χ1) is 10.2. The third kappa shape index (κ3) is 4.70. The molecule has 2 rings (SSSR count). The van der Waals surface area contributed by atoms with E-state index in [-0.39, 0.29) is 23.6 Å². The molecule has 1 aromatic carbocycles. The van der Waals surface area contributed by atoms with Crippen LogP contribution in [0.5, 0.6) is 5.75 Å². The van der Waals surface area contributed by atoms with Crippen molar-refractivity contribution in [3.8, 4) is 5.75 Å². The summed E-state index contributed by atoms with van der Waals surface area (Å²) in [4.78, 5) is 13.7. The molecule has 0 N–H and O–H groups in total. The van der Waals surface area contributed by atoms with Crippen LogP contribution in [0.4, 0.5) is 4.39 Å². The highest BCUT2D eigenvalue weighted by Gasteiger charge is 2.24. The van der Waals surface area contributed by atoms with E-state index in [9.17, 15) is 9.18 Å². The van der Waals surface area contributed by atoms with Gasteiger partial charge in [-0.15, -0.1) is 0 Å². The first-order valence-electron chi connectivity index (χ1n) is 7.39. The molecule has 0 spiro atoms. The molecule has 1 aliphatic heterocycles. The standard InChI is InChI=1S/C16H22FNO3/c1-20-16(19)12-13-6-4-5-9-18(13)10-11-21-15-8-3-2-7-14(15)17/h2-3,7-8,13H,4-6,9-12H2,1H3. The highest BCUT2D eigenvalue weighted by atomic mass is 19.1. The molecule has 0 bridgehead atoms. The van der Waals surface area contributed by atoms with E-state index in [1.54, 1.807) is 18.2 Å². The molecule has 21 heavy (non-hydrogen) atoms. The van der Waals surface area contributed by atoms with Crippen LogP contribution in [0.2, 0.25) is 0 Å². The molecular weight excluding hydrogens is 273 g/mol. The fourth-order valence-corrected chi connectivity index (χ4v) is 2.70. The van der Waals surface area contributed by atoms with Gasteiger partial charge >= 0.3 is 5.97 Å². The number of rotatable bonds is 6. The highest BCUT2D eigenvalue weighted by molar-refractivity contribution is 5.69. The number of nitrogens with zero attached hydrogens (tertiary/aromatic N) is 1. The van der Waals surface area contributed by atoms with Crippen LogP contribution in [0, 0.1) is 5.82 Å². The van der Waals surface area contributed by atoms with Crippen LogP contribution in [0.25, 0.3) is 0 Å². The van der Waals surface area contributed by atoms with Crippen LogP contribution in [0.15, 0.2) is 24.3 Å². The van der Waals surface area contributed by atoms with Crippen LogP contribution in [0.1, 0.15) is 25.7 Å². The molecular formula is C16H22FNO3. The van der Waals surface area contributed by atoms with Crippen molar-refractivity contribution in [2.24, 2.45) is 0 Å². The summed E-state index contributed by atoms with van der Waals surface area (Å²) in [7, 11) is 1.41. The Kier molecular flexibility index (Phi) is 5.99. The molecule has 0 aliphatic carbocycles. The van der Waals surface area contributed by atoms with Crippen molar-refractivity contribution in [3.63, 3.8) is 0 Å². The monoisotopic (exact) mass is 295 g/mol. The summed E-state index contributed by atoms with van der Waals surface area (Å²) in [6.45, 7) is 2.05. The van der Waals surface area contributed by atoms with Crippen molar-refractivity contribution in [3.05, 3.63) is 30.1 Å². The number of benzene rings is 1. The summed E-state index contributed by atoms with van der Waals surface area (Å²) in [6.07, 6.45) is 3.66. The van der Waals surface area contributed by atoms with Gasteiger partial charge in [-0.3, -0.25) is 9.69 Å². The van der Waals surface area contributed by atoms with Crippen LogP contribution >= 0.6 is 0 Å². The first-order valence-corrected chi connectivity index (χ1v) is 7.39. The fourth-order valence-electron chi connectivity index (χ4n) is 2.70. The third-order valence-electron chi connectivity index (χ3n) is 3.85. The number of piperidine rings is 1. The van der Waals surface area contributed by atoms with Gasteiger partial charge < -0.3 is 9.47 Å². The lowest BCUT2D eigenvalue weighted by Crippen LogP contribution is -2.43. The normalized spacial score (nSPS) is 19.2. The zero-order valence-electron chi connectivity index (χ0n) is 12.4. The van der Waals surface area contributed by atoms with E-state index < -0.39 is 0 Å². The third-order valence-corrected chi connectivity index (χ3v) is 3.85. The molecule has 1 aliphatic rings. The summed E-state index contributed by atoms with van der Waals surface area (Å²) in [5.74, 6) is -0.247. The summed E-state index contributed by atoms with van der Waals surface area (Å²) < 4.78 is 23.7. The number of hydrogen-bond acceptors (Lipinski definition) is 4. The van der Waals surface area contributed by atoms with Gasteiger partial charge in [-0.2, -0.15) is 0 Å². The van der Waals surface area contributed by atoms with Crippen molar-refractivity contribution in [2.45, 2.75) is 31.7 Å². The Morgan fingerprint density at radius 1 is 1.38 bits per heavy atom. The molecule has 0 aromatic heterocycles. The Labute approximate surface area is 124 Å². The zero-order valence-corrected chi connectivity index (χ0v) is 12.4. The van der Waals surface area contributed by atoms with Crippen molar-refractivity contribution >= 4 is 5.97 Å². The SMILES string of the molecule is COC(=O)CC1CCCCN1CCOc1ccccc1F. The summed E-state index contributed by atoms with van der Waals surface area (Å²) in [5.41, 5.74) is 0. The number of methoxy groups -OCH3 is 1. The second kappa shape index (κ2) is 7.98. The van der Waals surface area contributed by atoms with Crippen LogP contribution in [-0.2, 0) is 9.53 Å². The number of likely N-dealkylation sites (tertiary alicyclic amines) is 1. The molecule has 0 saturated carbocycles. The van der Waals surface area contributed by atoms with Gasteiger partial charge in [0.1, 0.15) is 6.61 Å². The van der Waals surface area contributed by atoms with Gasteiger partial charge in [0.2, 0.25) is 0 Å². The first kappa shape index (κ1) is 15.8. The van der Waals surface area contributed by atoms with E-state index in [0.717, 1.165) is 25.8 Å². The molecule has 1 fully saturated rings. The minimum Gasteiger partial charge on any atom is -0.489 e. The average molecular weight is 295 g/mol. The molecule has 1 heterocycles. The minimum absolute atomic E-state index is 0.179. The number of ether oxygens (including phenoxy) is 2. The van der Waals surface area contributed by atoms with Crippen molar-refractivity contribution in [2.75, 3.05) is 26.8 Å². The Morgan fingerprint density at radius 3 is 2.95 bits per heavy atom. The number of para-hydroxylation sites is 1. The van der Waals surface area contributed by atoms with Crippen LogP contribution in [-0.4, -0.2) is 43.7 Å². The lowest BCUT2D eigenvalue weighted by molar-refractivity contribution is -0.142. The Morgan fingerprint density at radius 2 is 2.19 bits per heavy atom. The number of halogens is 1. The summed E-state index contributed by atoms with van der Waals surface area (Å²) in [5, 5.41) is 0. The Hall–Kier alpha value is -1.62. The van der Waals surface area contributed by atoms with E-state index in [1.165, 1.54) is 13.2 Å².